The third-order valence-electron chi connectivity index (χ3n) is 4.85. The number of hydrogen-bond donors (Lipinski definition) is 2. The average Bonchev–Trinajstić information content (AvgIpc) is 2.79. The van der Waals surface area contributed by atoms with Crippen LogP contribution in [0, 0.1) is 0 Å². The third kappa shape index (κ3) is 5.36. The predicted octanol–water partition coefficient (Wildman–Crippen LogP) is 4.54. The molecule has 1 heterocycles. The van der Waals surface area contributed by atoms with E-state index in [1.165, 1.54) is 26.3 Å². The van der Waals surface area contributed by atoms with Crippen molar-refractivity contribution >= 4 is 23.5 Å². The highest BCUT2D eigenvalue weighted by Crippen LogP contribution is 2.28. The van der Waals surface area contributed by atoms with Crippen LogP contribution < -0.4 is 10.1 Å². The molecule has 32 heavy (non-hydrogen) atoms. The quantitative estimate of drug-likeness (QED) is 0.509. The van der Waals surface area contributed by atoms with Crippen molar-refractivity contribution in [3.8, 4) is 22.6 Å². The summed E-state index contributed by atoms with van der Waals surface area (Å²) in [6.45, 7) is 3.24. The molecule has 7 nitrogen and oxygen atoms in total. The summed E-state index contributed by atoms with van der Waals surface area (Å²) in [5.41, 5.74) is 2.53. The molecule has 0 unspecified atom stereocenters. The van der Waals surface area contributed by atoms with Gasteiger partial charge < -0.3 is 19.9 Å². The van der Waals surface area contributed by atoms with Crippen molar-refractivity contribution in [2.75, 3.05) is 7.11 Å². The molecule has 0 aliphatic rings. The largest absolute Gasteiger partial charge is 0.503 e. The number of esters is 1. The Morgan fingerprint density at radius 1 is 1.06 bits per heavy atom. The number of nitrogens with one attached hydrogen (secondary N) is 1. The van der Waals surface area contributed by atoms with Crippen LogP contribution >= 0.6 is 11.6 Å². The van der Waals surface area contributed by atoms with Gasteiger partial charge in [-0.3, -0.25) is 4.79 Å². The number of nitrogens with zero attached hydrogens (tertiary/aromatic N) is 1. The van der Waals surface area contributed by atoms with Crippen LogP contribution in [-0.2, 0) is 9.53 Å². The van der Waals surface area contributed by atoms with Crippen LogP contribution in [0.1, 0.15) is 36.0 Å². The minimum atomic E-state index is -0.955. The summed E-state index contributed by atoms with van der Waals surface area (Å²) >= 11 is 6.05. The van der Waals surface area contributed by atoms with Crippen LogP contribution in [0.4, 0.5) is 0 Å². The van der Waals surface area contributed by atoms with Crippen LogP contribution in [0.5, 0.6) is 11.5 Å². The number of carbonyl (C=O) groups excluding carboxylic acids is 2. The minimum Gasteiger partial charge on any atom is -0.503 e. The SMILES string of the molecule is COc1ccnc(C(=O)N[C@@H](C)C(=O)O[C@@H](C)c2ccc(-c3cccc(Cl)c3)cc2)c1O. The Labute approximate surface area is 191 Å². The van der Waals surface area contributed by atoms with Gasteiger partial charge in [-0.15, -0.1) is 0 Å². The summed E-state index contributed by atoms with van der Waals surface area (Å²) in [4.78, 5) is 28.7. The van der Waals surface area contributed by atoms with Crippen molar-refractivity contribution in [2.45, 2.75) is 26.0 Å². The fourth-order valence-electron chi connectivity index (χ4n) is 3.05. The lowest BCUT2D eigenvalue weighted by atomic mass is 10.0. The third-order valence-corrected chi connectivity index (χ3v) is 5.09. The summed E-state index contributed by atoms with van der Waals surface area (Å²) < 4.78 is 10.5. The Hall–Kier alpha value is -3.58. The molecule has 8 heteroatoms. The van der Waals surface area contributed by atoms with Gasteiger partial charge in [0.1, 0.15) is 12.1 Å². The molecule has 0 spiro atoms. The van der Waals surface area contributed by atoms with Gasteiger partial charge in [-0.2, -0.15) is 0 Å². The van der Waals surface area contributed by atoms with E-state index in [-0.39, 0.29) is 11.4 Å². The van der Waals surface area contributed by atoms with Crippen molar-refractivity contribution in [1.29, 1.82) is 0 Å². The molecule has 2 aromatic carbocycles. The molecule has 2 N–H and O–H groups in total. The fraction of sp³-hybridized carbons (Fsp3) is 0.208. The number of benzene rings is 2. The zero-order chi connectivity index (χ0) is 23.3. The molecule has 0 bridgehead atoms. The standard InChI is InChI=1S/C24H23ClN2O5/c1-14(27-23(29)21-22(28)20(31-3)11-12-26-21)24(30)32-15(2)16-7-9-17(10-8-16)18-5-4-6-19(25)13-18/h4-15,28H,1-3H3,(H,27,29)/t14-,15-/m0/s1. The van der Waals surface area contributed by atoms with Gasteiger partial charge in [0.25, 0.3) is 5.91 Å². The molecular weight excluding hydrogens is 432 g/mol. The van der Waals surface area contributed by atoms with Crippen LogP contribution in [-0.4, -0.2) is 35.1 Å². The van der Waals surface area contributed by atoms with Crippen LogP contribution in [0.25, 0.3) is 11.1 Å². The monoisotopic (exact) mass is 454 g/mol. The van der Waals surface area contributed by atoms with Crippen molar-refractivity contribution in [1.82, 2.24) is 10.3 Å². The molecule has 0 fully saturated rings. The van der Waals surface area contributed by atoms with E-state index in [9.17, 15) is 14.7 Å². The molecule has 1 amide bonds. The molecular formula is C24H23ClN2O5. The maximum atomic E-state index is 12.5. The zero-order valence-electron chi connectivity index (χ0n) is 17.8. The second-order valence-electron chi connectivity index (χ2n) is 7.12. The Balaban J connectivity index is 1.62. The Kier molecular flexibility index (Phi) is 7.33. The normalized spacial score (nSPS) is 12.5. The van der Waals surface area contributed by atoms with E-state index < -0.39 is 29.8 Å². The van der Waals surface area contributed by atoms with Gasteiger partial charge in [0.2, 0.25) is 0 Å². The lowest BCUT2D eigenvalue weighted by Gasteiger charge is -2.18. The second-order valence-corrected chi connectivity index (χ2v) is 7.55. The maximum absolute atomic E-state index is 12.5. The Morgan fingerprint density at radius 3 is 2.44 bits per heavy atom. The van der Waals surface area contributed by atoms with Gasteiger partial charge in [-0.05, 0) is 42.7 Å². The highest BCUT2D eigenvalue weighted by Gasteiger charge is 2.24. The number of methoxy groups -OCH3 is 1. The molecule has 1 aromatic heterocycles. The molecule has 166 valence electrons. The smallest absolute Gasteiger partial charge is 0.328 e. The van der Waals surface area contributed by atoms with E-state index in [0.717, 1.165) is 16.7 Å². The summed E-state index contributed by atoms with van der Waals surface area (Å²) in [7, 11) is 1.36. The number of hydrogen-bond acceptors (Lipinski definition) is 6. The first-order chi connectivity index (χ1) is 15.3. The van der Waals surface area contributed by atoms with Gasteiger partial charge in [0.15, 0.2) is 17.2 Å². The molecule has 0 saturated heterocycles. The van der Waals surface area contributed by atoms with Crippen molar-refractivity contribution in [3.63, 3.8) is 0 Å². The van der Waals surface area contributed by atoms with E-state index in [2.05, 4.69) is 10.3 Å². The van der Waals surface area contributed by atoms with E-state index in [1.807, 2.05) is 48.5 Å². The predicted molar refractivity (Wildman–Crippen MR) is 121 cm³/mol. The lowest BCUT2D eigenvalue weighted by molar-refractivity contribution is -0.150. The number of rotatable bonds is 7. The van der Waals surface area contributed by atoms with Gasteiger partial charge in [-0.1, -0.05) is 48.0 Å². The molecule has 0 radical (unpaired) electrons. The topological polar surface area (TPSA) is 97.8 Å². The highest BCUT2D eigenvalue weighted by atomic mass is 35.5. The number of halogens is 1. The first-order valence-corrected chi connectivity index (χ1v) is 10.3. The summed E-state index contributed by atoms with van der Waals surface area (Å²) in [6, 6.07) is 15.6. The highest BCUT2D eigenvalue weighted by molar-refractivity contribution is 6.30. The number of pyridine rings is 1. The summed E-state index contributed by atoms with van der Waals surface area (Å²) in [5.74, 6) is -1.63. The summed E-state index contributed by atoms with van der Waals surface area (Å²) in [6.07, 6.45) is 0.796. The van der Waals surface area contributed by atoms with E-state index in [0.29, 0.717) is 5.02 Å². The summed E-state index contributed by atoms with van der Waals surface area (Å²) in [5, 5.41) is 13.2. The second kappa shape index (κ2) is 10.2. The first kappa shape index (κ1) is 23.1. The zero-order valence-corrected chi connectivity index (χ0v) is 18.6. The average molecular weight is 455 g/mol. The molecule has 3 rings (SSSR count). The molecule has 0 aliphatic carbocycles. The number of aromatic nitrogens is 1. The number of aromatic hydroxyl groups is 1. The lowest BCUT2D eigenvalue weighted by Crippen LogP contribution is -2.40. The van der Waals surface area contributed by atoms with Crippen molar-refractivity contribution in [2.24, 2.45) is 0 Å². The van der Waals surface area contributed by atoms with Crippen molar-refractivity contribution < 1.29 is 24.2 Å². The van der Waals surface area contributed by atoms with Gasteiger partial charge >= 0.3 is 5.97 Å². The number of amides is 1. The molecule has 0 saturated carbocycles. The molecule has 3 aromatic rings. The van der Waals surface area contributed by atoms with Gasteiger partial charge in [-0.25, -0.2) is 9.78 Å². The van der Waals surface area contributed by atoms with Gasteiger partial charge in [0.05, 0.1) is 7.11 Å². The van der Waals surface area contributed by atoms with E-state index in [4.69, 9.17) is 21.1 Å². The first-order valence-electron chi connectivity index (χ1n) is 9.89. The molecule has 0 aliphatic heterocycles. The van der Waals surface area contributed by atoms with Crippen molar-refractivity contribution in [3.05, 3.63) is 77.1 Å². The minimum absolute atomic E-state index is 0.107. The number of ether oxygens (including phenoxy) is 2. The Morgan fingerprint density at radius 2 is 1.78 bits per heavy atom. The van der Waals surface area contributed by atoms with Gasteiger partial charge in [0, 0.05) is 17.3 Å². The van der Waals surface area contributed by atoms with E-state index >= 15 is 0 Å². The maximum Gasteiger partial charge on any atom is 0.328 e. The van der Waals surface area contributed by atoms with Crippen LogP contribution in [0.3, 0.4) is 0 Å². The van der Waals surface area contributed by atoms with Crippen LogP contribution in [0.2, 0.25) is 5.02 Å². The van der Waals surface area contributed by atoms with E-state index in [1.54, 1.807) is 6.92 Å². The Bertz CT molecular complexity index is 1120. The molecule has 2 atom stereocenters. The number of carbonyl (C=O) groups is 2. The fourth-order valence-corrected chi connectivity index (χ4v) is 3.24. The van der Waals surface area contributed by atoms with Crippen LogP contribution in [0.15, 0.2) is 60.8 Å².